The third kappa shape index (κ3) is 6.45. The first-order chi connectivity index (χ1) is 18.0. The minimum absolute atomic E-state index is 1.25. The quantitative estimate of drug-likeness (QED) is 0.135. The second-order valence-electron chi connectivity index (χ2n) is 10.9. The summed E-state index contributed by atoms with van der Waals surface area (Å²) in [6.45, 7) is 11.5. The van der Waals surface area contributed by atoms with E-state index in [9.17, 15) is 0 Å². The summed E-state index contributed by atoms with van der Waals surface area (Å²) in [6, 6.07) is 27.5. The molecular formula is C34H45NSSn. The van der Waals surface area contributed by atoms with E-state index in [1.54, 1.807) is 5.39 Å². The number of aryl methyl sites for hydroxylation is 2. The maximum absolute atomic E-state index is 2.63. The van der Waals surface area contributed by atoms with Crippen molar-refractivity contribution in [2.75, 3.05) is 4.90 Å². The van der Waals surface area contributed by atoms with Crippen LogP contribution < -0.4 is 7.79 Å². The van der Waals surface area contributed by atoms with Crippen LogP contribution >= 0.6 is 11.3 Å². The molecule has 0 spiro atoms. The van der Waals surface area contributed by atoms with E-state index in [0.717, 1.165) is 0 Å². The summed E-state index contributed by atoms with van der Waals surface area (Å²) in [5.74, 6) is 0. The number of nitrogens with zero attached hydrogens (tertiary/aromatic N) is 1. The Kier molecular flexibility index (Phi) is 10.2. The van der Waals surface area contributed by atoms with E-state index in [1.165, 1.54) is 84.7 Å². The van der Waals surface area contributed by atoms with Crippen LogP contribution in [0.1, 0.15) is 70.4 Å². The Morgan fingerprint density at radius 2 is 1.03 bits per heavy atom. The molecule has 0 bridgehead atoms. The number of thiophene rings is 1. The predicted molar refractivity (Wildman–Crippen MR) is 171 cm³/mol. The van der Waals surface area contributed by atoms with Crippen molar-refractivity contribution in [3.05, 3.63) is 83.9 Å². The van der Waals surface area contributed by atoms with Gasteiger partial charge in [0.25, 0.3) is 0 Å². The van der Waals surface area contributed by atoms with Crippen LogP contribution in [0.2, 0.25) is 13.3 Å². The molecule has 3 aromatic carbocycles. The van der Waals surface area contributed by atoms with E-state index in [2.05, 4.69) is 124 Å². The van der Waals surface area contributed by atoms with Crippen LogP contribution in [0.15, 0.2) is 72.8 Å². The third-order valence-electron chi connectivity index (χ3n) is 7.90. The molecule has 37 heavy (non-hydrogen) atoms. The summed E-state index contributed by atoms with van der Waals surface area (Å²) in [5, 5.41) is 4.41. The molecule has 0 fully saturated rings. The Labute approximate surface area is 233 Å². The van der Waals surface area contributed by atoms with E-state index in [4.69, 9.17) is 0 Å². The van der Waals surface area contributed by atoms with E-state index < -0.39 is 18.4 Å². The number of rotatable bonds is 13. The number of benzene rings is 3. The van der Waals surface area contributed by atoms with Crippen LogP contribution in [0.3, 0.4) is 0 Å². The van der Waals surface area contributed by atoms with Gasteiger partial charge >= 0.3 is 235 Å². The van der Waals surface area contributed by atoms with Crippen molar-refractivity contribution in [1.82, 2.24) is 0 Å². The Bertz CT molecular complexity index is 1190. The second kappa shape index (κ2) is 13.3. The second-order valence-corrected chi connectivity index (χ2v) is 25.9. The van der Waals surface area contributed by atoms with Gasteiger partial charge in [-0.3, -0.25) is 0 Å². The Balaban J connectivity index is 1.96. The minimum atomic E-state index is -2.63. The predicted octanol–water partition coefficient (Wildman–Crippen LogP) is 11.0. The van der Waals surface area contributed by atoms with Crippen molar-refractivity contribution in [1.29, 1.82) is 0 Å². The monoisotopic (exact) mass is 619 g/mol. The molecule has 0 radical (unpaired) electrons. The number of anilines is 3. The van der Waals surface area contributed by atoms with Crippen LogP contribution in [0.25, 0.3) is 10.8 Å². The van der Waals surface area contributed by atoms with Crippen LogP contribution in [0.5, 0.6) is 0 Å². The molecule has 0 atom stereocenters. The van der Waals surface area contributed by atoms with Gasteiger partial charge in [0.05, 0.1) is 0 Å². The summed E-state index contributed by atoms with van der Waals surface area (Å²) in [5.41, 5.74) is 5.12. The summed E-state index contributed by atoms with van der Waals surface area (Å²) in [6.07, 6.45) is 8.12. The van der Waals surface area contributed by atoms with Crippen LogP contribution in [0, 0.1) is 13.8 Å². The molecule has 1 nitrogen and oxygen atoms in total. The molecule has 0 N–H and O–H groups in total. The Hall–Kier alpha value is -1.78. The van der Waals surface area contributed by atoms with Gasteiger partial charge in [0.1, 0.15) is 0 Å². The van der Waals surface area contributed by atoms with E-state index in [1.807, 2.05) is 2.89 Å². The summed E-state index contributed by atoms with van der Waals surface area (Å²) >= 11 is -0.475. The van der Waals surface area contributed by atoms with Gasteiger partial charge in [-0.15, -0.1) is 0 Å². The number of hydrogen-bond donors (Lipinski definition) is 0. The Morgan fingerprint density at radius 3 is 1.46 bits per heavy atom. The van der Waals surface area contributed by atoms with E-state index >= 15 is 0 Å². The first-order valence-electron chi connectivity index (χ1n) is 14.5. The molecular weight excluding hydrogens is 573 g/mol. The molecule has 3 heteroatoms. The van der Waals surface area contributed by atoms with Gasteiger partial charge < -0.3 is 0 Å². The van der Waals surface area contributed by atoms with Gasteiger partial charge in [0.2, 0.25) is 0 Å². The van der Waals surface area contributed by atoms with Crippen molar-refractivity contribution in [3.63, 3.8) is 0 Å². The average molecular weight is 619 g/mol. The van der Waals surface area contributed by atoms with E-state index in [-0.39, 0.29) is 0 Å². The standard InChI is InChI=1S/C22H18NS.3C4H9.Sn/c1-16-7-11-19(12-8-16)23(20-13-9-17(2)10-14-20)22-21-6-4-3-5-18(21)15-24-22;3*1-3-4-2;/h3-14H,1-2H3;3*1,3-4H2,2H3;. The third-order valence-corrected chi connectivity index (χ3v) is 27.4. The van der Waals surface area contributed by atoms with Crippen molar-refractivity contribution in [3.8, 4) is 0 Å². The zero-order chi connectivity index (χ0) is 26.3. The molecule has 0 saturated carbocycles. The van der Waals surface area contributed by atoms with E-state index in [0.29, 0.717) is 0 Å². The van der Waals surface area contributed by atoms with Crippen molar-refractivity contribution >= 4 is 59.8 Å². The molecule has 4 aromatic rings. The number of unbranched alkanes of at least 4 members (excludes halogenated alkanes) is 3. The first kappa shape index (κ1) is 28.2. The summed E-state index contributed by atoms with van der Waals surface area (Å²) in [7, 11) is 0. The summed E-state index contributed by atoms with van der Waals surface area (Å²) in [4.78, 5) is 2.53. The molecule has 0 saturated heterocycles. The van der Waals surface area contributed by atoms with Crippen molar-refractivity contribution in [2.24, 2.45) is 0 Å². The molecule has 0 unspecified atom stereocenters. The zero-order valence-electron chi connectivity index (χ0n) is 23.6. The molecule has 4 rings (SSSR count). The molecule has 0 aliphatic rings. The SMILES string of the molecule is CCC[CH2][Sn]([CH2]CCC)([CH2]CCC)[c]1sc(N(c2ccc(C)cc2)c2ccc(C)cc2)c2ccccc12. The summed E-state index contributed by atoms with van der Waals surface area (Å²) < 4.78 is 6.35. The maximum atomic E-state index is 2.53. The van der Waals surface area contributed by atoms with Crippen LogP contribution in [0.4, 0.5) is 16.4 Å². The fourth-order valence-corrected chi connectivity index (χ4v) is 26.8. The van der Waals surface area contributed by atoms with Gasteiger partial charge in [-0.05, 0) is 0 Å². The molecule has 196 valence electrons. The molecule has 0 aliphatic carbocycles. The van der Waals surface area contributed by atoms with Crippen LogP contribution in [-0.4, -0.2) is 18.4 Å². The van der Waals surface area contributed by atoms with Gasteiger partial charge in [0.15, 0.2) is 0 Å². The van der Waals surface area contributed by atoms with Crippen molar-refractivity contribution in [2.45, 2.75) is 86.5 Å². The fraction of sp³-hybridized carbons (Fsp3) is 0.412. The zero-order valence-corrected chi connectivity index (χ0v) is 27.3. The normalized spacial score (nSPS) is 11.8. The molecule has 1 aromatic heterocycles. The molecule has 1 heterocycles. The van der Waals surface area contributed by atoms with Gasteiger partial charge in [-0.1, -0.05) is 0 Å². The van der Waals surface area contributed by atoms with Gasteiger partial charge in [0, 0.05) is 0 Å². The molecule has 0 aliphatic heterocycles. The Morgan fingerprint density at radius 1 is 0.595 bits per heavy atom. The molecule has 0 amide bonds. The van der Waals surface area contributed by atoms with Gasteiger partial charge in [-0.2, -0.15) is 0 Å². The van der Waals surface area contributed by atoms with Gasteiger partial charge in [-0.25, -0.2) is 0 Å². The first-order valence-corrected chi connectivity index (χ1v) is 22.8. The average Bonchev–Trinajstić information content (AvgIpc) is 3.31. The number of hydrogen-bond acceptors (Lipinski definition) is 2. The fourth-order valence-electron chi connectivity index (χ4n) is 5.67. The van der Waals surface area contributed by atoms with Crippen molar-refractivity contribution < 1.29 is 0 Å². The topological polar surface area (TPSA) is 3.24 Å². The number of fused-ring (bicyclic) bond motifs is 1. The van der Waals surface area contributed by atoms with Crippen LogP contribution in [-0.2, 0) is 0 Å².